The van der Waals surface area contributed by atoms with E-state index in [0.717, 1.165) is 27.8 Å². The number of hydrogen-bond acceptors (Lipinski definition) is 3. The van der Waals surface area contributed by atoms with E-state index in [0.29, 0.717) is 0 Å². The first-order valence-corrected chi connectivity index (χ1v) is 8.97. The van der Waals surface area contributed by atoms with Crippen molar-refractivity contribution in [3.63, 3.8) is 0 Å². The van der Waals surface area contributed by atoms with Gasteiger partial charge in [0, 0.05) is 11.1 Å². The molecule has 3 aromatic carbocycles. The molecule has 0 aromatic heterocycles. The van der Waals surface area contributed by atoms with Crippen molar-refractivity contribution in [2.75, 3.05) is 0 Å². The number of fused-ring (bicyclic) bond motifs is 3. The Hall–Kier alpha value is -2.95. The van der Waals surface area contributed by atoms with Crippen molar-refractivity contribution < 1.29 is 14.6 Å². The number of carboxylic acids is 1. The highest BCUT2D eigenvalue weighted by atomic mass is 16.5. The molecule has 0 saturated heterocycles. The zero-order chi connectivity index (χ0) is 19.0. The average molecular weight is 359 g/mol. The second-order valence-electron chi connectivity index (χ2n) is 6.83. The van der Waals surface area contributed by atoms with Crippen molar-refractivity contribution >= 4 is 5.97 Å². The summed E-state index contributed by atoms with van der Waals surface area (Å²) in [5.41, 5.74) is 10.1. The lowest BCUT2D eigenvalue weighted by Crippen LogP contribution is -2.46. The molecule has 1 aliphatic carbocycles. The molecule has 0 fully saturated rings. The Kier molecular flexibility index (Phi) is 4.30. The van der Waals surface area contributed by atoms with Crippen molar-refractivity contribution in [2.45, 2.75) is 24.7 Å². The zero-order valence-electron chi connectivity index (χ0n) is 15.0. The Bertz CT molecular complexity index is 938. The quantitative estimate of drug-likeness (QED) is 0.727. The molecule has 0 radical (unpaired) electrons. The number of carbonyl (C=O) groups is 1. The first-order chi connectivity index (χ1) is 13.1. The summed E-state index contributed by atoms with van der Waals surface area (Å²) in [5.74, 6) is -1.08. The fraction of sp³-hybridized carbons (Fsp3) is 0.174. The molecule has 27 heavy (non-hydrogen) atoms. The topological polar surface area (TPSA) is 72.5 Å². The molecule has 0 spiro atoms. The summed E-state index contributed by atoms with van der Waals surface area (Å²) in [4.78, 5) is 11.4. The minimum atomic E-state index is -1.12. The fourth-order valence-electron chi connectivity index (χ4n) is 3.93. The van der Waals surface area contributed by atoms with Crippen LogP contribution in [0.4, 0.5) is 0 Å². The number of aliphatic carboxylic acids is 1. The SMILES string of the molecule is CC(OC1(c2ccccc2)c2ccccc2-c2ccccc21)[C@H](N)C(=O)O. The first-order valence-electron chi connectivity index (χ1n) is 8.97. The number of ether oxygens (including phenoxy) is 1. The number of carboxylic acid groups (broad SMARTS) is 1. The molecule has 0 amide bonds. The van der Waals surface area contributed by atoms with E-state index in [1.165, 1.54) is 0 Å². The van der Waals surface area contributed by atoms with Gasteiger partial charge in [-0.2, -0.15) is 0 Å². The smallest absolute Gasteiger partial charge is 0.323 e. The van der Waals surface area contributed by atoms with Crippen LogP contribution in [0.5, 0.6) is 0 Å². The lowest BCUT2D eigenvalue weighted by Gasteiger charge is -2.36. The van der Waals surface area contributed by atoms with Crippen molar-refractivity contribution in [3.8, 4) is 11.1 Å². The molecule has 0 saturated carbocycles. The molecule has 0 aliphatic heterocycles. The number of benzene rings is 3. The van der Waals surface area contributed by atoms with Crippen LogP contribution in [-0.4, -0.2) is 23.2 Å². The van der Waals surface area contributed by atoms with Gasteiger partial charge in [0.25, 0.3) is 0 Å². The van der Waals surface area contributed by atoms with Crippen molar-refractivity contribution in [1.82, 2.24) is 0 Å². The average Bonchev–Trinajstić information content (AvgIpc) is 2.99. The first kappa shape index (κ1) is 17.5. The number of rotatable bonds is 5. The maximum Gasteiger partial charge on any atom is 0.323 e. The van der Waals surface area contributed by atoms with E-state index in [-0.39, 0.29) is 0 Å². The molecule has 4 rings (SSSR count). The Balaban J connectivity index is 1.98. The van der Waals surface area contributed by atoms with Crippen LogP contribution in [0, 0.1) is 0 Å². The molecule has 0 bridgehead atoms. The second kappa shape index (κ2) is 6.65. The van der Waals surface area contributed by atoms with Gasteiger partial charge in [-0.05, 0) is 23.6 Å². The summed E-state index contributed by atoms with van der Waals surface area (Å²) in [6.45, 7) is 1.72. The third-order valence-electron chi connectivity index (χ3n) is 5.24. The van der Waals surface area contributed by atoms with Gasteiger partial charge < -0.3 is 15.6 Å². The zero-order valence-corrected chi connectivity index (χ0v) is 15.0. The van der Waals surface area contributed by atoms with E-state index in [4.69, 9.17) is 10.5 Å². The van der Waals surface area contributed by atoms with Gasteiger partial charge in [0.1, 0.15) is 11.6 Å². The summed E-state index contributed by atoms with van der Waals surface area (Å²) >= 11 is 0. The van der Waals surface area contributed by atoms with E-state index in [2.05, 4.69) is 12.1 Å². The molecule has 1 aliphatic rings. The standard InChI is InChI=1S/C23H21NO3/c1-15(21(24)22(25)26)27-23(16-9-3-2-4-10-16)19-13-7-5-11-17(19)18-12-6-8-14-20(18)23/h2-15,21H,24H2,1H3,(H,25,26)/t15?,21-/m0/s1. The predicted octanol–water partition coefficient (Wildman–Crippen LogP) is 3.78. The fourth-order valence-corrected chi connectivity index (χ4v) is 3.93. The van der Waals surface area contributed by atoms with Gasteiger partial charge in [-0.25, -0.2) is 0 Å². The van der Waals surface area contributed by atoms with Crippen LogP contribution in [0.2, 0.25) is 0 Å². The van der Waals surface area contributed by atoms with Gasteiger partial charge in [-0.1, -0.05) is 78.9 Å². The van der Waals surface area contributed by atoms with E-state index in [9.17, 15) is 9.90 Å². The number of nitrogens with two attached hydrogens (primary N) is 1. The summed E-state index contributed by atoms with van der Waals surface area (Å²) in [6, 6.07) is 25.0. The van der Waals surface area contributed by atoms with E-state index >= 15 is 0 Å². The lowest BCUT2D eigenvalue weighted by molar-refractivity contribution is -0.144. The maximum absolute atomic E-state index is 11.4. The van der Waals surface area contributed by atoms with Gasteiger partial charge in [-0.15, -0.1) is 0 Å². The van der Waals surface area contributed by atoms with Crippen LogP contribution in [0.25, 0.3) is 11.1 Å². The Morgan fingerprint density at radius 2 is 1.37 bits per heavy atom. The molecule has 3 aromatic rings. The Morgan fingerprint density at radius 3 is 1.89 bits per heavy atom. The van der Waals surface area contributed by atoms with Crippen LogP contribution in [-0.2, 0) is 15.1 Å². The van der Waals surface area contributed by atoms with Gasteiger partial charge >= 0.3 is 5.97 Å². The summed E-state index contributed by atoms with van der Waals surface area (Å²) in [7, 11) is 0. The molecule has 2 atom stereocenters. The second-order valence-corrected chi connectivity index (χ2v) is 6.83. The van der Waals surface area contributed by atoms with Gasteiger partial charge in [0.2, 0.25) is 0 Å². The minimum Gasteiger partial charge on any atom is -0.480 e. The summed E-state index contributed by atoms with van der Waals surface area (Å²) < 4.78 is 6.56. The summed E-state index contributed by atoms with van der Waals surface area (Å²) in [5, 5.41) is 9.37. The summed E-state index contributed by atoms with van der Waals surface area (Å²) in [6.07, 6.45) is -0.693. The molecule has 3 N–H and O–H groups in total. The Morgan fingerprint density at radius 1 is 0.889 bits per heavy atom. The molecular weight excluding hydrogens is 338 g/mol. The molecule has 136 valence electrons. The van der Waals surface area contributed by atoms with Crippen molar-refractivity contribution in [3.05, 3.63) is 95.6 Å². The highest BCUT2D eigenvalue weighted by molar-refractivity contribution is 5.82. The molecule has 1 unspecified atom stereocenters. The Labute approximate surface area is 158 Å². The van der Waals surface area contributed by atoms with Crippen molar-refractivity contribution in [2.24, 2.45) is 5.73 Å². The third kappa shape index (κ3) is 2.65. The van der Waals surface area contributed by atoms with E-state index < -0.39 is 23.7 Å². The highest BCUT2D eigenvalue weighted by Gasteiger charge is 2.47. The van der Waals surface area contributed by atoms with E-state index in [1.807, 2.05) is 66.7 Å². The minimum absolute atomic E-state index is 0.693. The van der Waals surface area contributed by atoms with Crippen LogP contribution in [0.1, 0.15) is 23.6 Å². The molecule has 4 heteroatoms. The molecular formula is C23H21NO3. The predicted molar refractivity (Wildman–Crippen MR) is 104 cm³/mol. The number of hydrogen-bond donors (Lipinski definition) is 2. The monoisotopic (exact) mass is 359 g/mol. The third-order valence-corrected chi connectivity index (χ3v) is 5.24. The lowest BCUT2D eigenvalue weighted by atomic mass is 9.83. The highest BCUT2D eigenvalue weighted by Crippen LogP contribution is 2.53. The van der Waals surface area contributed by atoms with E-state index in [1.54, 1.807) is 6.92 Å². The van der Waals surface area contributed by atoms with Gasteiger partial charge in [0.15, 0.2) is 0 Å². The molecule has 4 nitrogen and oxygen atoms in total. The molecule has 0 heterocycles. The van der Waals surface area contributed by atoms with Crippen LogP contribution >= 0.6 is 0 Å². The van der Waals surface area contributed by atoms with Crippen LogP contribution in [0.3, 0.4) is 0 Å². The van der Waals surface area contributed by atoms with Crippen molar-refractivity contribution in [1.29, 1.82) is 0 Å². The van der Waals surface area contributed by atoms with Gasteiger partial charge in [-0.3, -0.25) is 4.79 Å². The maximum atomic E-state index is 11.4. The van der Waals surface area contributed by atoms with Gasteiger partial charge in [0.05, 0.1) is 6.10 Å². The van der Waals surface area contributed by atoms with Crippen LogP contribution < -0.4 is 5.73 Å². The van der Waals surface area contributed by atoms with Crippen LogP contribution in [0.15, 0.2) is 78.9 Å². The normalized spacial score (nSPS) is 16.2. The largest absolute Gasteiger partial charge is 0.480 e.